The van der Waals surface area contributed by atoms with E-state index in [1.807, 2.05) is 6.07 Å². The van der Waals surface area contributed by atoms with E-state index in [1.54, 1.807) is 12.1 Å². The van der Waals surface area contributed by atoms with Gasteiger partial charge in [0.1, 0.15) is 0 Å². The van der Waals surface area contributed by atoms with E-state index in [9.17, 15) is 4.79 Å². The van der Waals surface area contributed by atoms with Crippen molar-refractivity contribution < 1.29 is 4.79 Å². The Kier molecular flexibility index (Phi) is 3.55. The van der Waals surface area contributed by atoms with Crippen molar-refractivity contribution in [2.24, 2.45) is 5.73 Å². The van der Waals surface area contributed by atoms with Crippen LogP contribution in [0.15, 0.2) is 22.7 Å². The summed E-state index contributed by atoms with van der Waals surface area (Å²) in [6.45, 7) is 0.363. The molecule has 1 rings (SSSR count). The third kappa shape index (κ3) is 2.51. The SMILES string of the molecule is C#CCNc1ccc(Br)cc1C(N)=O. The zero-order chi connectivity index (χ0) is 10.6. The van der Waals surface area contributed by atoms with Gasteiger partial charge in [0.05, 0.1) is 12.1 Å². The van der Waals surface area contributed by atoms with Gasteiger partial charge in [0, 0.05) is 10.2 Å². The second-order valence-corrected chi connectivity index (χ2v) is 3.53. The summed E-state index contributed by atoms with van der Waals surface area (Å²) in [5.74, 6) is 1.94. The lowest BCUT2D eigenvalue weighted by atomic mass is 10.1. The van der Waals surface area contributed by atoms with Gasteiger partial charge in [0.15, 0.2) is 0 Å². The molecule has 0 atom stereocenters. The van der Waals surface area contributed by atoms with Crippen molar-refractivity contribution in [3.8, 4) is 12.3 Å². The number of rotatable bonds is 3. The molecular formula is C10H9BrN2O. The number of carbonyl (C=O) groups excluding carboxylic acids is 1. The van der Waals surface area contributed by atoms with Crippen LogP contribution in [0.5, 0.6) is 0 Å². The Bertz CT molecular complexity index is 396. The topological polar surface area (TPSA) is 55.1 Å². The predicted molar refractivity (Wildman–Crippen MR) is 60.0 cm³/mol. The van der Waals surface area contributed by atoms with Gasteiger partial charge >= 0.3 is 0 Å². The average molecular weight is 253 g/mol. The lowest BCUT2D eigenvalue weighted by molar-refractivity contribution is 0.100. The first kappa shape index (κ1) is 10.6. The average Bonchev–Trinajstić information content (AvgIpc) is 2.15. The Hall–Kier alpha value is -1.47. The lowest BCUT2D eigenvalue weighted by Crippen LogP contribution is -2.14. The summed E-state index contributed by atoms with van der Waals surface area (Å²) in [6, 6.07) is 5.22. The molecule has 0 spiro atoms. The van der Waals surface area contributed by atoms with Crippen molar-refractivity contribution in [2.45, 2.75) is 0 Å². The molecule has 14 heavy (non-hydrogen) atoms. The van der Waals surface area contributed by atoms with Crippen LogP contribution >= 0.6 is 15.9 Å². The van der Waals surface area contributed by atoms with Gasteiger partial charge < -0.3 is 11.1 Å². The van der Waals surface area contributed by atoms with E-state index in [4.69, 9.17) is 12.2 Å². The molecule has 0 saturated carbocycles. The van der Waals surface area contributed by atoms with Crippen molar-refractivity contribution in [3.05, 3.63) is 28.2 Å². The standard InChI is InChI=1S/C10H9BrN2O/c1-2-5-13-9-4-3-7(11)6-8(9)10(12)14/h1,3-4,6,13H,5H2,(H2,12,14). The summed E-state index contributed by atoms with van der Waals surface area (Å²) < 4.78 is 0.803. The summed E-state index contributed by atoms with van der Waals surface area (Å²) in [5.41, 5.74) is 6.28. The van der Waals surface area contributed by atoms with Crippen LogP contribution < -0.4 is 11.1 Å². The number of terminal acetylenes is 1. The van der Waals surface area contributed by atoms with Crippen molar-refractivity contribution in [1.29, 1.82) is 0 Å². The summed E-state index contributed by atoms with van der Waals surface area (Å²) in [4.78, 5) is 11.0. The Balaban J connectivity index is 3.03. The van der Waals surface area contributed by atoms with Crippen LogP contribution in [0.1, 0.15) is 10.4 Å². The summed E-state index contributed by atoms with van der Waals surface area (Å²) in [6.07, 6.45) is 5.09. The third-order valence-electron chi connectivity index (χ3n) is 1.63. The Morgan fingerprint density at radius 1 is 1.64 bits per heavy atom. The molecule has 4 heteroatoms. The highest BCUT2D eigenvalue weighted by Crippen LogP contribution is 2.20. The van der Waals surface area contributed by atoms with Crippen molar-refractivity contribution in [2.75, 3.05) is 11.9 Å². The largest absolute Gasteiger partial charge is 0.373 e. The Morgan fingerprint density at radius 3 is 2.93 bits per heavy atom. The maximum absolute atomic E-state index is 11.0. The van der Waals surface area contributed by atoms with E-state index in [0.717, 1.165) is 4.47 Å². The smallest absolute Gasteiger partial charge is 0.250 e. The van der Waals surface area contributed by atoms with E-state index < -0.39 is 5.91 Å². The van der Waals surface area contributed by atoms with Crippen molar-refractivity contribution >= 4 is 27.5 Å². The van der Waals surface area contributed by atoms with Gasteiger partial charge in [-0.2, -0.15) is 0 Å². The van der Waals surface area contributed by atoms with E-state index >= 15 is 0 Å². The number of hydrogen-bond acceptors (Lipinski definition) is 2. The van der Waals surface area contributed by atoms with Gasteiger partial charge in [-0.3, -0.25) is 4.79 Å². The van der Waals surface area contributed by atoms with Crippen LogP contribution in [0.3, 0.4) is 0 Å². The molecule has 0 heterocycles. The number of carbonyl (C=O) groups is 1. The van der Waals surface area contributed by atoms with E-state index in [-0.39, 0.29) is 0 Å². The minimum Gasteiger partial charge on any atom is -0.373 e. The van der Waals surface area contributed by atoms with Gasteiger partial charge in [-0.15, -0.1) is 6.42 Å². The normalized spacial score (nSPS) is 9.14. The molecule has 72 valence electrons. The summed E-state index contributed by atoms with van der Waals surface area (Å²) >= 11 is 3.26. The van der Waals surface area contributed by atoms with Crippen LogP contribution in [0, 0.1) is 12.3 Å². The van der Waals surface area contributed by atoms with Gasteiger partial charge in [0.25, 0.3) is 5.91 Å². The molecule has 1 aromatic rings. The lowest BCUT2D eigenvalue weighted by Gasteiger charge is -2.07. The van der Waals surface area contributed by atoms with Crippen LogP contribution in [0.2, 0.25) is 0 Å². The number of benzene rings is 1. The second-order valence-electron chi connectivity index (χ2n) is 2.61. The first-order chi connectivity index (χ1) is 6.65. The highest BCUT2D eigenvalue weighted by molar-refractivity contribution is 9.10. The molecule has 0 fully saturated rings. The number of hydrogen-bond donors (Lipinski definition) is 2. The second kappa shape index (κ2) is 4.68. The number of nitrogens with two attached hydrogens (primary N) is 1. The van der Waals surface area contributed by atoms with Gasteiger partial charge in [-0.1, -0.05) is 21.9 Å². The maximum Gasteiger partial charge on any atom is 0.250 e. The van der Waals surface area contributed by atoms with Crippen molar-refractivity contribution in [1.82, 2.24) is 0 Å². The van der Waals surface area contributed by atoms with Crippen LogP contribution in [-0.2, 0) is 0 Å². The van der Waals surface area contributed by atoms with Crippen LogP contribution in [0.25, 0.3) is 0 Å². The molecule has 1 amide bonds. The molecule has 1 aromatic carbocycles. The Morgan fingerprint density at radius 2 is 2.36 bits per heavy atom. The molecular weight excluding hydrogens is 244 g/mol. The van der Waals surface area contributed by atoms with Gasteiger partial charge in [-0.05, 0) is 18.2 Å². The fraction of sp³-hybridized carbons (Fsp3) is 0.100. The van der Waals surface area contributed by atoms with E-state index in [1.165, 1.54) is 0 Å². The van der Waals surface area contributed by atoms with Crippen molar-refractivity contribution in [3.63, 3.8) is 0 Å². The molecule has 0 aliphatic rings. The number of primary amides is 1. The number of halogens is 1. The zero-order valence-corrected chi connectivity index (χ0v) is 8.97. The minimum absolute atomic E-state index is 0.363. The zero-order valence-electron chi connectivity index (χ0n) is 7.38. The summed E-state index contributed by atoms with van der Waals surface area (Å²) in [7, 11) is 0. The molecule has 0 bridgehead atoms. The number of amides is 1. The molecule has 0 unspecified atom stereocenters. The maximum atomic E-state index is 11.0. The highest BCUT2D eigenvalue weighted by atomic mass is 79.9. The Labute approximate surface area is 90.8 Å². The van der Waals surface area contributed by atoms with Crippen LogP contribution in [-0.4, -0.2) is 12.5 Å². The first-order valence-electron chi connectivity index (χ1n) is 3.92. The molecule has 0 radical (unpaired) electrons. The predicted octanol–water partition coefficient (Wildman–Crippen LogP) is 1.59. The molecule has 0 aliphatic carbocycles. The molecule has 0 saturated heterocycles. The minimum atomic E-state index is -0.481. The molecule has 3 N–H and O–H groups in total. The highest BCUT2D eigenvalue weighted by Gasteiger charge is 2.07. The van der Waals surface area contributed by atoms with Crippen LogP contribution in [0.4, 0.5) is 5.69 Å². The van der Waals surface area contributed by atoms with Gasteiger partial charge in [0.2, 0.25) is 0 Å². The third-order valence-corrected chi connectivity index (χ3v) is 2.12. The monoisotopic (exact) mass is 252 g/mol. The quantitative estimate of drug-likeness (QED) is 0.804. The molecule has 0 aromatic heterocycles. The fourth-order valence-corrected chi connectivity index (χ4v) is 1.38. The summed E-state index contributed by atoms with van der Waals surface area (Å²) in [5, 5.41) is 2.91. The fourth-order valence-electron chi connectivity index (χ4n) is 1.02. The number of nitrogens with one attached hydrogen (secondary N) is 1. The molecule has 3 nitrogen and oxygen atoms in total. The van der Waals surface area contributed by atoms with E-state index in [0.29, 0.717) is 17.8 Å². The first-order valence-corrected chi connectivity index (χ1v) is 4.71. The molecule has 0 aliphatic heterocycles. The number of anilines is 1. The van der Waals surface area contributed by atoms with E-state index in [2.05, 4.69) is 27.2 Å². The van der Waals surface area contributed by atoms with Gasteiger partial charge in [-0.25, -0.2) is 0 Å².